The van der Waals surface area contributed by atoms with Crippen molar-refractivity contribution in [3.05, 3.63) is 17.4 Å². The summed E-state index contributed by atoms with van der Waals surface area (Å²) < 4.78 is 33.1. The number of anilines is 2. The van der Waals surface area contributed by atoms with Gasteiger partial charge < -0.3 is 18.9 Å². The number of aliphatic imine (C=N–C) groups is 1. The van der Waals surface area contributed by atoms with Crippen LogP contribution in [0.2, 0.25) is 0 Å². The van der Waals surface area contributed by atoms with Gasteiger partial charge in [-0.05, 0) is 39.3 Å². The largest absolute Gasteiger partial charge is 0.444 e. The van der Waals surface area contributed by atoms with Gasteiger partial charge in [-0.2, -0.15) is 0 Å². The van der Waals surface area contributed by atoms with Gasteiger partial charge in [0.15, 0.2) is 22.7 Å². The Hall–Kier alpha value is -3.74. The first-order valence-corrected chi connectivity index (χ1v) is 11.9. The third-order valence-electron chi connectivity index (χ3n) is 8.28. The van der Waals surface area contributed by atoms with Gasteiger partial charge in [0.1, 0.15) is 18.0 Å². The second kappa shape index (κ2) is 6.52. The van der Waals surface area contributed by atoms with Crippen molar-refractivity contribution in [1.29, 1.82) is 0 Å². The number of hydrogen-bond acceptors (Lipinski definition) is 9. The van der Waals surface area contributed by atoms with Crippen LogP contribution in [0, 0.1) is 11.2 Å². The number of aromatic nitrogens is 1. The third kappa shape index (κ3) is 2.21. The number of carbonyl (C=O) groups is 3. The summed E-state index contributed by atoms with van der Waals surface area (Å²) in [4.78, 5) is 45.8. The van der Waals surface area contributed by atoms with E-state index in [-0.39, 0.29) is 54.1 Å². The molecule has 1 aromatic heterocycles. The van der Waals surface area contributed by atoms with Crippen molar-refractivity contribution in [2.45, 2.75) is 64.1 Å². The Kier molecular flexibility index (Phi) is 3.90. The highest BCUT2D eigenvalue weighted by Gasteiger charge is 2.77. The summed E-state index contributed by atoms with van der Waals surface area (Å²) in [5.41, 5.74) is -1.89. The van der Waals surface area contributed by atoms with Crippen LogP contribution in [0.25, 0.3) is 11.0 Å². The van der Waals surface area contributed by atoms with Crippen molar-refractivity contribution in [2.24, 2.45) is 10.4 Å². The molecule has 0 radical (unpaired) electrons. The molecule has 1 unspecified atom stereocenters. The maximum absolute atomic E-state index is 16.3. The maximum Gasteiger partial charge on any atom is 0.416 e. The summed E-state index contributed by atoms with van der Waals surface area (Å²) in [6.07, 6.45) is -1.79. The molecule has 2 spiro atoms. The van der Waals surface area contributed by atoms with Gasteiger partial charge in [-0.25, -0.2) is 19.0 Å². The monoisotopic (exact) mass is 498 g/mol. The lowest BCUT2D eigenvalue weighted by Gasteiger charge is -2.67. The van der Waals surface area contributed by atoms with Crippen LogP contribution in [0.15, 0.2) is 15.6 Å². The highest BCUT2D eigenvalue weighted by atomic mass is 19.1. The van der Waals surface area contributed by atoms with Gasteiger partial charge in [-0.3, -0.25) is 20.3 Å². The molecule has 3 saturated heterocycles. The zero-order valence-electron chi connectivity index (χ0n) is 19.9. The molecule has 7 rings (SSSR count). The number of morpholine rings is 1. The predicted molar refractivity (Wildman–Crippen MR) is 122 cm³/mol. The van der Waals surface area contributed by atoms with Gasteiger partial charge in [0.25, 0.3) is 0 Å². The normalized spacial score (nSPS) is 36.7. The molecule has 13 heteroatoms. The first-order valence-electron chi connectivity index (χ1n) is 11.9. The molecule has 12 nitrogen and oxygen atoms in total. The summed E-state index contributed by atoms with van der Waals surface area (Å²) in [5.74, 6) is -0.800. The van der Waals surface area contributed by atoms with E-state index in [2.05, 4.69) is 20.8 Å². The highest BCUT2D eigenvalue weighted by Crippen LogP contribution is 2.60. The Morgan fingerprint density at radius 2 is 1.94 bits per heavy atom. The molecule has 5 aliphatic rings. The molecule has 1 aromatic carbocycles. The number of benzene rings is 1. The highest BCUT2D eigenvalue weighted by molar-refractivity contribution is 6.26. The van der Waals surface area contributed by atoms with Crippen molar-refractivity contribution in [1.82, 2.24) is 15.8 Å². The topological polar surface area (TPSA) is 139 Å². The molecular weight excluding hydrogens is 475 g/mol. The van der Waals surface area contributed by atoms with Crippen LogP contribution in [0.5, 0.6) is 0 Å². The van der Waals surface area contributed by atoms with E-state index in [1.165, 1.54) is 4.90 Å². The summed E-state index contributed by atoms with van der Waals surface area (Å²) >= 11 is 0. The van der Waals surface area contributed by atoms with Gasteiger partial charge in [0.05, 0.1) is 23.2 Å². The summed E-state index contributed by atoms with van der Waals surface area (Å²) in [7, 11) is 0. The number of imide groups is 1. The molecule has 6 atom stereocenters. The Labute approximate surface area is 203 Å². The van der Waals surface area contributed by atoms with E-state index in [0.29, 0.717) is 10.9 Å². The Balaban J connectivity index is 1.46. The smallest absolute Gasteiger partial charge is 0.416 e. The molecule has 2 aromatic rings. The average molecular weight is 498 g/mol. The van der Waals surface area contributed by atoms with Crippen LogP contribution in [-0.2, 0) is 20.7 Å². The number of halogens is 1. The molecule has 0 saturated carbocycles. The van der Waals surface area contributed by atoms with Crippen LogP contribution in [-0.4, -0.2) is 65.6 Å². The lowest BCUT2D eigenvalue weighted by atomic mass is 9.58. The Morgan fingerprint density at radius 3 is 2.64 bits per heavy atom. The first kappa shape index (κ1) is 21.5. The number of amidine groups is 1. The van der Waals surface area contributed by atoms with Crippen molar-refractivity contribution in [2.75, 3.05) is 16.3 Å². The molecule has 3 fully saturated rings. The number of amides is 4. The summed E-state index contributed by atoms with van der Waals surface area (Å²) in [6, 6.07) is 0.695. The minimum atomic E-state index is -1.29. The SMILES string of the molecule is C[C@@H]1CN2c3c(cc4c(N5C(=O)O[C@@H](C)[C@H]5C)noc4c3F)CC34C(=O)NC(=O)NC3=N[C@]24[C@H](C)O1. The van der Waals surface area contributed by atoms with Gasteiger partial charge in [0, 0.05) is 13.0 Å². The number of rotatable bonds is 1. The maximum atomic E-state index is 16.3. The van der Waals surface area contributed by atoms with Gasteiger partial charge >= 0.3 is 12.1 Å². The van der Waals surface area contributed by atoms with Crippen LogP contribution >= 0.6 is 0 Å². The lowest BCUT2D eigenvalue weighted by Crippen LogP contribution is -2.86. The minimum absolute atomic E-state index is 0.0553. The van der Waals surface area contributed by atoms with E-state index in [4.69, 9.17) is 14.0 Å². The van der Waals surface area contributed by atoms with E-state index >= 15 is 4.39 Å². The number of ether oxygens (including phenoxy) is 2. The molecular formula is C23H23FN6O6. The fourth-order valence-electron chi connectivity index (χ4n) is 6.55. The van der Waals surface area contributed by atoms with Crippen LogP contribution in [0.3, 0.4) is 0 Å². The number of fused-ring (bicyclic) bond motifs is 3. The summed E-state index contributed by atoms with van der Waals surface area (Å²) in [6.45, 7) is 7.49. The molecule has 0 aliphatic carbocycles. The standard InChI is InChI=1S/C23H23FN6O6/c1-8-7-29-15-12(6-22-18(25-20(32)26-19(22)31)27-23(22,29)11(4)34-8)5-13-16(14(15)24)36-28-17(13)30-9(2)10(3)35-21(30)33/h5,8-11H,6-7H2,1-4H3,(H2,25,26,27,31,32)/t8-,9-,10+,11+,22?,23-/m1/s1. The fraction of sp³-hybridized carbons (Fsp3) is 0.522. The Morgan fingerprint density at radius 1 is 1.17 bits per heavy atom. The number of urea groups is 1. The van der Waals surface area contributed by atoms with Gasteiger partial charge in [-0.1, -0.05) is 5.16 Å². The van der Waals surface area contributed by atoms with Crippen LogP contribution in [0.1, 0.15) is 33.3 Å². The molecule has 0 bridgehead atoms. The van der Waals surface area contributed by atoms with Crippen molar-refractivity contribution < 1.29 is 32.8 Å². The van der Waals surface area contributed by atoms with Crippen LogP contribution < -0.4 is 20.4 Å². The molecule has 4 amide bonds. The second-order valence-electron chi connectivity index (χ2n) is 10.2. The molecule has 5 aliphatic heterocycles. The van der Waals surface area contributed by atoms with Gasteiger partial charge in [-0.15, -0.1) is 0 Å². The van der Waals surface area contributed by atoms with E-state index in [0.717, 1.165) is 0 Å². The second-order valence-corrected chi connectivity index (χ2v) is 10.2. The fourth-order valence-corrected chi connectivity index (χ4v) is 6.55. The van der Waals surface area contributed by atoms with Crippen molar-refractivity contribution in [3.63, 3.8) is 0 Å². The number of cyclic esters (lactones) is 1. The van der Waals surface area contributed by atoms with Crippen molar-refractivity contribution >= 4 is 46.3 Å². The van der Waals surface area contributed by atoms with Crippen LogP contribution in [0.4, 0.5) is 25.5 Å². The molecule has 2 N–H and O–H groups in total. The number of carbonyl (C=O) groups excluding carboxylic acids is 3. The number of nitrogens with one attached hydrogen (secondary N) is 2. The number of hydrogen-bond donors (Lipinski definition) is 2. The quantitative estimate of drug-likeness (QED) is 0.607. The lowest BCUT2D eigenvalue weighted by molar-refractivity contribution is -0.147. The van der Waals surface area contributed by atoms with E-state index in [9.17, 15) is 14.4 Å². The third-order valence-corrected chi connectivity index (χ3v) is 8.28. The minimum Gasteiger partial charge on any atom is -0.444 e. The zero-order valence-corrected chi connectivity index (χ0v) is 19.9. The Bertz CT molecular complexity index is 1440. The number of nitrogens with zero attached hydrogens (tertiary/aromatic N) is 4. The molecule has 6 heterocycles. The average Bonchev–Trinajstić information content (AvgIpc) is 3.31. The van der Waals surface area contributed by atoms with Gasteiger partial charge in [0.2, 0.25) is 11.5 Å². The van der Waals surface area contributed by atoms with Crippen molar-refractivity contribution in [3.8, 4) is 0 Å². The molecule has 188 valence electrons. The first-order chi connectivity index (χ1) is 17.1. The molecule has 36 heavy (non-hydrogen) atoms. The van der Waals surface area contributed by atoms with E-state index < -0.39 is 41.0 Å². The van der Waals surface area contributed by atoms with E-state index in [1.54, 1.807) is 31.7 Å². The van der Waals surface area contributed by atoms with E-state index in [1.807, 2.05) is 6.92 Å². The zero-order chi connectivity index (χ0) is 25.3. The summed E-state index contributed by atoms with van der Waals surface area (Å²) in [5, 5.41) is 9.34. The predicted octanol–water partition coefficient (Wildman–Crippen LogP) is 1.80.